The molecule has 1 fully saturated rings. The molecular weight excluding hydrogens is 448 g/mol. The molecule has 0 saturated heterocycles. The normalized spacial score (nSPS) is 13.8. The summed E-state index contributed by atoms with van der Waals surface area (Å²) >= 11 is 1.32. The average molecular weight is 475 g/mol. The van der Waals surface area contributed by atoms with Crippen LogP contribution in [0.5, 0.6) is 5.75 Å². The number of carbonyl (C=O) groups excluding carboxylic acids is 1. The van der Waals surface area contributed by atoms with Crippen LogP contribution in [0.4, 0.5) is 5.82 Å². The number of aromatic nitrogens is 5. The van der Waals surface area contributed by atoms with Gasteiger partial charge in [0.05, 0.1) is 29.9 Å². The molecule has 8 nitrogen and oxygen atoms in total. The Bertz CT molecular complexity index is 1260. The van der Waals surface area contributed by atoms with Crippen molar-refractivity contribution < 1.29 is 9.53 Å². The average Bonchev–Trinajstić information content (AvgIpc) is 3.64. The lowest BCUT2D eigenvalue weighted by molar-refractivity contribution is -0.113. The Morgan fingerprint density at radius 1 is 1.12 bits per heavy atom. The van der Waals surface area contributed by atoms with E-state index in [2.05, 4.69) is 15.5 Å². The third kappa shape index (κ3) is 4.70. The van der Waals surface area contributed by atoms with E-state index in [-0.39, 0.29) is 11.7 Å². The number of amides is 1. The first kappa shape index (κ1) is 22.2. The van der Waals surface area contributed by atoms with Crippen molar-refractivity contribution in [2.24, 2.45) is 0 Å². The van der Waals surface area contributed by atoms with Crippen molar-refractivity contribution >= 4 is 23.5 Å². The third-order valence-electron chi connectivity index (χ3n) is 5.96. The number of hydrogen-bond acceptors (Lipinski definition) is 6. The lowest BCUT2D eigenvalue weighted by atomic mass is 10.0. The summed E-state index contributed by atoms with van der Waals surface area (Å²) in [5.41, 5.74) is 2.78. The molecule has 1 N–H and O–H groups in total. The number of para-hydroxylation sites is 3. The van der Waals surface area contributed by atoms with E-state index in [1.807, 2.05) is 69.9 Å². The van der Waals surface area contributed by atoms with Gasteiger partial charge in [0.25, 0.3) is 0 Å². The summed E-state index contributed by atoms with van der Waals surface area (Å²) in [6, 6.07) is 19.5. The second-order valence-electron chi connectivity index (χ2n) is 8.18. The van der Waals surface area contributed by atoms with Crippen molar-refractivity contribution in [3.8, 4) is 17.1 Å². The van der Waals surface area contributed by atoms with E-state index in [0.717, 1.165) is 29.9 Å². The first-order valence-corrected chi connectivity index (χ1v) is 12.3. The van der Waals surface area contributed by atoms with E-state index in [1.165, 1.54) is 24.6 Å². The summed E-state index contributed by atoms with van der Waals surface area (Å²) in [5.74, 6) is 1.90. The van der Waals surface area contributed by atoms with Crippen molar-refractivity contribution in [2.75, 3.05) is 18.2 Å². The maximum Gasteiger partial charge on any atom is 0.236 e. The summed E-state index contributed by atoms with van der Waals surface area (Å²) in [6.45, 7) is 0. The molecule has 0 spiro atoms. The first-order chi connectivity index (χ1) is 16.7. The minimum atomic E-state index is -0.130. The molecule has 2 heterocycles. The highest BCUT2D eigenvalue weighted by Crippen LogP contribution is 2.35. The maximum atomic E-state index is 12.9. The number of hydrogen-bond donors (Lipinski definition) is 1. The molecular formula is C25H26N6O2S. The SMILES string of the molecule is COc1ccccc1-n1cnnc1SCC(=O)Nc1cc(C2CCCC2)nn1-c1ccccc1. The molecule has 0 unspecified atom stereocenters. The second kappa shape index (κ2) is 10.1. The summed E-state index contributed by atoms with van der Waals surface area (Å²) in [5, 5.41) is 16.7. The maximum absolute atomic E-state index is 12.9. The molecule has 1 aliphatic rings. The van der Waals surface area contributed by atoms with Crippen LogP contribution in [0, 0.1) is 0 Å². The summed E-state index contributed by atoms with van der Waals surface area (Å²) in [4.78, 5) is 12.9. The third-order valence-corrected chi connectivity index (χ3v) is 6.91. The molecule has 2 aromatic heterocycles. The van der Waals surface area contributed by atoms with E-state index in [4.69, 9.17) is 9.84 Å². The lowest BCUT2D eigenvalue weighted by Gasteiger charge is -2.11. The van der Waals surface area contributed by atoms with Gasteiger partial charge in [-0.25, -0.2) is 4.68 Å². The number of rotatable bonds is 8. The molecule has 4 aromatic rings. The fourth-order valence-electron chi connectivity index (χ4n) is 4.30. The summed E-state index contributed by atoms with van der Waals surface area (Å²) < 4.78 is 9.10. The minimum absolute atomic E-state index is 0.130. The molecule has 1 saturated carbocycles. The van der Waals surface area contributed by atoms with Gasteiger partial charge < -0.3 is 10.1 Å². The van der Waals surface area contributed by atoms with Crippen LogP contribution >= 0.6 is 11.8 Å². The Hall–Kier alpha value is -3.59. The van der Waals surface area contributed by atoms with Gasteiger partial charge >= 0.3 is 0 Å². The van der Waals surface area contributed by atoms with Crippen LogP contribution in [0.3, 0.4) is 0 Å². The molecule has 5 rings (SSSR count). The van der Waals surface area contributed by atoms with E-state index >= 15 is 0 Å². The topological polar surface area (TPSA) is 86.9 Å². The highest BCUT2D eigenvalue weighted by Gasteiger charge is 2.23. The molecule has 0 atom stereocenters. The molecule has 1 amide bonds. The smallest absolute Gasteiger partial charge is 0.236 e. The van der Waals surface area contributed by atoms with Crippen LogP contribution in [0.25, 0.3) is 11.4 Å². The first-order valence-electron chi connectivity index (χ1n) is 11.3. The Morgan fingerprint density at radius 2 is 1.88 bits per heavy atom. The number of thioether (sulfide) groups is 1. The van der Waals surface area contributed by atoms with Gasteiger partial charge in [0, 0.05) is 12.0 Å². The number of nitrogens with zero attached hydrogens (tertiary/aromatic N) is 5. The van der Waals surface area contributed by atoms with E-state index in [1.54, 1.807) is 13.4 Å². The molecule has 0 bridgehead atoms. The van der Waals surface area contributed by atoms with Crippen LogP contribution in [0.2, 0.25) is 0 Å². The zero-order valence-electron chi connectivity index (χ0n) is 18.9. The highest BCUT2D eigenvalue weighted by atomic mass is 32.2. The Balaban J connectivity index is 1.32. The largest absolute Gasteiger partial charge is 0.495 e. The predicted molar refractivity (Wildman–Crippen MR) is 132 cm³/mol. The van der Waals surface area contributed by atoms with Crippen molar-refractivity contribution in [2.45, 2.75) is 36.8 Å². The van der Waals surface area contributed by atoms with Gasteiger partial charge in [-0.3, -0.25) is 9.36 Å². The molecule has 9 heteroatoms. The summed E-state index contributed by atoms with van der Waals surface area (Å²) in [7, 11) is 1.62. The quantitative estimate of drug-likeness (QED) is 0.367. The molecule has 0 aliphatic heterocycles. The van der Waals surface area contributed by atoms with Gasteiger partial charge in [-0.05, 0) is 37.1 Å². The van der Waals surface area contributed by atoms with Gasteiger partial charge in [-0.15, -0.1) is 10.2 Å². The van der Waals surface area contributed by atoms with E-state index < -0.39 is 0 Å². The van der Waals surface area contributed by atoms with Gasteiger partial charge in [0.1, 0.15) is 17.9 Å². The predicted octanol–water partition coefficient (Wildman–Crippen LogP) is 4.85. The van der Waals surface area contributed by atoms with E-state index in [0.29, 0.717) is 22.6 Å². The number of methoxy groups -OCH3 is 1. The minimum Gasteiger partial charge on any atom is -0.495 e. The monoisotopic (exact) mass is 474 g/mol. The van der Waals surface area contributed by atoms with Gasteiger partial charge in [0.2, 0.25) is 5.91 Å². The number of carbonyl (C=O) groups is 1. The summed E-state index contributed by atoms with van der Waals surface area (Å²) in [6.07, 6.45) is 6.37. The van der Waals surface area contributed by atoms with Crippen molar-refractivity contribution in [1.29, 1.82) is 0 Å². The van der Waals surface area contributed by atoms with Crippen LogP contribution in [0.1, 0.15) is 37.3 Å². The van der Waals surface area contributed by atoms with Gasteiger partial charge in [-0.2, -0.15) is 5.10 Å². The lowest BCUT2D eigenvalue weighted by Crippen LogP contribution is -2.17. The standard InChI is InChI=1S/C25H26N6O2S/c1-33-22-14-8-7-13-21(22)30-17-26-28-25(30)34-16-24(32)27-23-15-20(18-9-5-6-10-18)29-31(23)19-11-3-2-4-12-19/h2-4,7-8,11-15,17-18H,5-6,9-10,16H2,1H3,(H,27,32). The second-order valence-corrected chi connectivity index (χ2v) is 9.12. The van der Waals surface area contributed by atoms with Crippen LogP contribution in [-0.4, -0.2) is 43.3 Å². The van der Waals surface area contributed by atoms with Crippen molar-refractivity contribution in [1.82, 2.24) is 24.5 Å². The fraction of sp³-hybridized carbons (Fsp3) is 0.280. The Morgan fingerprint density at radius 3 is 2.68 bits per heavy atom. The zero-order valence-corrected chi connectivity index (χ0v) is 19.7. The highest BCUT2D eigenvalue weighted by molar-refractivity contribution is 7.99. The van der Waals surface area contributed by atoms with Gasteiger partial charge in [0.15, 0.2) is 5.16 Å². The van der Waals surface area contributed by atoms with Gasteiger partial charge in [-0.1, -0.05) is 54.9 Å². The molecule has 174 valence electrons. The van der Waals surface area contributed by atoms with Crippen LogP contribution in [-0.2, 0) is 4.79 Å². The molecule has 0 radical (unpaired) electrons. The molecule has 1 aliphatic carbocycles. The zero-order chi connectivity index (χ0) is 23.3. The van der Waals surface area contributed by atoms with E-state index in [9.17, 15) is 4.79 Å². The van der Waals surface area contributed by atoms with Crippen LogP contribution in [0.15, 0.2) is 72.1 Å². The number of nitrogens with one attached hydrogen (secondary N) is 1. The van der Waals surface area contributed by atoms with Crippen molar-refractivity contribution in [3.05, 3.63) is 72.7 Å². The number of ether oxygens (including phenoxy) is 1. The fourth-order valence-corrected chi connectivity index (χ4v) is 5.02. The van der Waals surface area contributed by atoms with Crippen molar-refractivity contribution in [3.63, 3.8) is 0 Å². The Kier molecular flexibility index (Phi) is 6.62. The Labute approximate surface area is 202 Å². The number of anilines is 1. The molecule has 34 heavy (non-hydrogen) atoms. The number of benzene rings is 2. The molecule has 2 aromatic carbocycles. The van der Waals surface area contributed by atoms with Crippen LogP contribution < -0.4 is 10.1 Å².